The lowest BCUT2D eigenvalue weighted by atomic mass is 9.79. The molecule has 1 aromatic carbocycles. The van der Waals surface area contributed by atoms with Crippen molar-refractivity contribution in [3.05, 3.63) is 34.1 Å². The zero-order valence-electron chi connectivity index (χ0n) is 11.3. The molecule has 2 nitrogen and oxygen atoms in total. The third kappa shape index (κ3) is 4.01. The summed E-state index contributed by atoms with van der Waals surface area (Å²) >= 11 is 3.25. The third-order valence-electron chi connectivity index (χ3n) is 4.01. The second-order valence-electron chi connectivity index (χ2n) is 5.72. The number of nitrogens with one attached hydrogen (secondary N) is 1. The molecule has 0 atom stereocenters. The van der Waals surface area contributed by atoms with Gasteiger partial charge in [-0.3, -0.25) is 0 Å². The average Bonchev–Trinajstić information content (AvgIpc) is 2.39. The van der Waals surface area contributed by atoms with Crippen molar-refractivity contribution in [3.8, 4) is 0 Å². The van der Waals surface area contributed by atoms with Gasteiger partial charge >= 0.3 is 0 Å². The minimum Gasteiger partial charge on any atom is -0.389 e. The minimum atomic E-state index is -0.591. The zero-order chi connectivity index (χ0) is 13.9. The monoisotopic (exact) mass is 329 g/mol. The molecule has 0 unspecified atom stereocenters. The fourth-order valence-electron chi connectivity index (χ4n) is 2.59. The fraction of sp³-hybridized carbons (Fsp3) is 0.600. The number of hydrogen-bond acceptors (Lipinski definition) is 2. The predicted molar refractivity (Wildman–Crippen MR) is 78.4 cm³/mol. The van der Waals surface area contributed by atoms with Gasteiger partial charge in [-0.1, -0.05) is 19.1 Å². The smallest absolute Gasteiger partial charge is 0.137 e. The summed E-state index contributed by atoms with van der Waals surface area (Å²) < 4.78 is 13.9. The number of halogens is 2. The van der Waals surface area contributed by atoms with Crippen molar-refractivity contribution in [1.82, 2.24) is 5.32 Å². The van der Waals surface area contributed by atoms with E-state index < -0.39 is 5.60 Å². The summed E-state index contributed by atoms with van der Waals surface area (Å²) in [6, 6.07) is 5.02. The van der Waals surface area contributed by atoms with Crippen molar-refractivity contribution < 1.29 is 9.50 Å². The van der Waals surface area contributed by atoms with Gasteiger partial charge in [-0.2, -0.15) is 0 Å². The van der Waals surface area contributed by atoms with Crippen LogP contribution in [0.15, 0.2) is 22.7 Å². The van der Waals surface area contributed by atoms with E-state index in [-0.39, 0.29) is 5.82 Å². The van der Waals surface area contributed by atoms with Crippen molar-refractivity contribution in [2.24, 2.45) is 5.92 Å². The molecular weight excluding hydrogens is 309 g/mol. The standard InChI is InChI=1S/C15H21BrFNO/c1-11-5-7-15(19,8-6-11)10-18-9-12-3-2-4-13(17)14(12)16/h2-4,11,18-19H,5-10H2,1H3. The molecule has 2 N–H and O–H groups in total. The average molecular weight is 330 g/mol. The van der Waals surface area contributed by atoms with Crippen LogP contribution in [0.1, 0.15) is 38.2 Å². The van der Waals surface area contributed by atoms with Crippen LogP contribution in [0.3, 0.4) is 0 Å². The van der Waals surface area contributed by atoms with Crippen LogP contribution < -0.4 is 5.32 Å². The molecule has 1 aliphatic rings. The van der Waals surface area contributed by atoms with Crippen LogP contribution >= 0.6 is 15.9 Å². The molecule has 1 aliphatic carbocycles. The molecule has 0 amide bonds. The Bertz CT molecular complexity index is 430. The van der Waals surface area contributed by atoms with E-state index in [0.29, 0.717) is 17.6 Å². The maximum atomic E-state index is 13.4. The summed E-state index contributed by atoms with van der Waals surface area (Å²) in [5.74, 6) is 0.474. The second-order valence-corrected chi connectivity index (χ2v) is 6.52. The van der Waals surface area contributed by atoms with Crippen LogP contribution in [0.4, 0.5) is 4.39 Å². The van der Waals surface area contributed by atoms with E-state index in [1.54, 1.807) is 6.07 Å². The third-order valence-corrected chi connectivity index (χ3v) is 4.89. The Hall–Kier alpha value is -0.450. The zero-order valence-corrected chi connectivity index (χ0v) is 12.8. The normalized spacial score (nSPS) is 27.5. The van der Waals surface area contributed by atoms with Crippen molar-refractivity contribution >= 4 is 15.9 Å². The van der Waals surface area contributed by atoms with Gasteiger partial charge in [-0.15, -0.1) is 0 Å². The largest absolute Gasteiger partial charge is 0.389 e. The molecular formula is C15H21BrFNO. The van der Waals surface area contributed by atoms with E-state index in [1.807, 2.05) is 6.07 Å². The highest BCUT2D eigenvalue weighted by Gasteiger charge is 2.31. The Morgan fingerprint density at radius 2 is 2.11 bits per heavy atom. The molecule has 0 radical (unpaired) electrons. The number of rotatable bonds is 4. The van der Waals surface area contributed by atoms with Gasteiger partial charge < -0.3 is 10.4 Å². The lowest BCUT2D eigenvalue weighted by molar-refractivity contribution is -0.00631. The molecule has 0 aliphatic heterocycles. The van der Waals surface area contributed by atoms with Gasteiger partial charge in [0.2, 0.25) is 0 Å². The van der Waals surface area contributed by atoms with E-state index in [4.69, 9.17) is 0 Å². The minimum absolute atomic E-state index is 0.246. The number of aliphatic hydroxyl groups is 1. The van der Waals surface area contributed by atoms with Crippen LogP contribution in [0, 0.1) is 11.7 Å². The van der Waals surface area contributed by atoms with Gasteiger partial charge in [0.1, 0.15) is 5.82 Å². The SMILES string of the molecule is CC1CCC(O)(CNCc2cccc(F)c2Br)CC1. The molecule has 0 bridgehead atoms. The van der Waals surface area contributed by atoms with E-state index in [2.05, 4.69) is 28.2 Å². The first kappa shape index (κ1) is 14.9. The lowest BCUT2D eigenvalue weighted by Crippen LogP contribution is -2.43. The fourth-order valence-corrected chi connectivity index (χ4v) is 3.00. The van der Waals surface area contributed by atoms with E-state index in [0.717, 1.165) is 37.2 Å². The summed E-state index contributed by atoms with van der Waals surface area (Å²) in [4.78, 5) is 0. The van der Waals surface area contributed by atoms with Crippen LogP contribution in [-0.2, 0) is 6.54 Å². The molecule has 1 aromatic rings. The summed E-state index contributed by atoms with van der Waals surface area (Å²) in [5, 5.41) is 13.7. The van der Waals surface area contributed by atoms with Gasteiger partial charge in [0, 0.05) is 13.1 Å². The first-order chi connectivity index (χ1) is 9.00. The molecule has 0 heterocycles. The summed E-state index contributed by atoms with van der Waals surface area (Å²) in [6.45, 7) is 3.37. The highest BCUT2D eigenvalue weighted by Crippen LogP contribution is 2.31. The molecule has 2 rings (SSSR count). The quantitative estimate of drug-likeness (QED) is 0.884. The predicted octanol–water partition coefficient (Wildman–Crippen LogP) is 3.62. The van der Waals surface area contributed by atoms with Gasteiger partial charge in [-0.05, 0) is 59.2 Å². The van der Waals surface area contributed by atoms with Crippen molar-refractivity contribution in [2.75, 3.05) is 6.54 Å². The maximum Gasteiger partial charge on any atom is 0.137 e. The van der Waals surface area contributed by atoms with Gasteiger partial charge in [0.25, 0.3) is 0 Å². The molecule has 0 spiro atoms. The van der Waals surface area contributed by atoms with Crippen molar-refractivity contribution in [3.63, 3.8) is 0 Å². The van der Waals surface area contributed by atoms with Gasteiger partial charge in [-0.25, -0.2) is 4.39 Å². The molecule has 1 saturated carbocycles. The molecule has 106 valence electrons. The van der Waals surface area contributed by atoms with Crippen molar-refractivity contribution in [2.45, 2.75) is 44.8 Å². The Balaban J connectivity index is 1.85. The summed E-state index contributed by atoms with van der Waals surface area (Å²) in [7, 11) is 0. The van der Waals surface area contributed by atoms with Gasteiger partial charge in [0.15, 0.2) is 0 Å². The first-order valence-electron chi connectivity index (χ1n) is 6.86. The molecule has 1 fully saturated rings. The van der Waals surface area contributed by atoms with E-state index in [1.165, 1.54) is 6.07 Å². The molecule has 0 saturated heterocycles. The van der Waals surface area contributed by atoms with Crippen LogP contribution in [0.2, 0.25) is 0 Å². The molecule has 19 heavy (non-hydrogen) atoms. The highest BCUT2D eigenvalue weighted by atomic mass is 79.9. The Morgan fingerprint density at radius 3 is 2.79 bits per heavy atom. The Labute approximate surface area is 122 Å². The lowest BCUT2D eigenvalue weighted by Gasteiger charge is -2.35. The van der Waals surface area contributed by atoms with Gasteiger partial charge in [0.05, 0.1) is 10.1 Å². The summed E-state index contributed by atoms with van der Waals surface area (Å²) in [5.41, 5.74) is 0.291. The maximum absolute atomic E-state index is 13.4. The van der Waals surface area contributed by atoms with E-state index in [9.17, 15) is 9.50 Å². The Kier molecular flexibility index (Phi) is 4.98. The summed E-state index contributed by atoms with van der Waals surface area (Å²) in [6.07, 6.45) is 3.88. The topological polar surface area (TPSA) is 32.3 Å². The van der Waals surface area contributed by atoms with E-state index >= 15 is 0 Å². The molecule has 4 heteroatoms. The Morgan fingerprint density at radius 1 is 1.42 bits per heavy atom. The molecule has 0 aromatic heterocycles. The van der Waals surface area contributed by atoms with Crippen LogP contribution in [-0.4, -0.2) is 17.3 Å². The number of benzene rings is 1. The van der Waals surface area contributed by atoms with Crippen LogP contribution in [0.25, 0.3) is 0 Å². The second kappa shape index (κ2) is 6.33. The number of hydrogen-bond donors (Lipinski definition) is 2. The highest BCUT2D eigenvalue weighted by molar-refractivity contribution is 9.10. The van der Waals surface area contributed by atoms with Crippen molar-refractivity contribution in [1.29, 1.82) is 0 Å². The first-order valence-corrected chi connectivity index (χ1v) is 7.65. The van der Waals surface area contributed by atoms with Crippen LogP contribution in [0.5, 0.6) is 0 Å².